The number of aliphatic hydroxyl groups excluding tert-OH is 1. The molecule has 2 N–H and O–H groups in total. The molecule has 0 unspecified atom stereocenters. The normalized spacial score (nSPS) is 11.9. The SMILES string of the molecule is CCOc1cc([N+](=O)[O-])c(C(=O)N[C@@H](CO)CC(C)C)cc1OC. The first-order valence-electron chi connectivity index (χ1n) is 7.74. The largest absolute Gasteiger partial charge is 0.493 e. The quantitative estimate of drug-likeness (QED) is 0.526. The van der Waals surface area contributed by atoms with Crippen molar-refractivity contribution >= 4 is 11.6 Å². The third-order valence-corrected chi connectivity index (χ3v) is 3.33. The first-order chi connectivity index (χ1) is 11.3. The molecule has 1 rings (SSSR count). The number of aliphatic hydroxyl groups is 1. The number of nitrogens with zero attached hydrogens (tertiary/aromatic N) is 1. The Morgan fingerprint density at radius 3 is 2.50 bits per heavy atom. The number of hydrogen-bond acceptors (Lipinski definition) is 6. The first kappa shape index (κ1) is 19.7. The van der Waals surface area contributed by atoms with Crippen LogP contribution in [-0.4, -0.2) is 42.3 Å². The molecule has 134 valence electrons. The van der Waals surface area contributed by atoms with E-state index in [-0.39, 0.29) is 35.3 Å². The Morgan fingerprint density at radius 1 is 1.38 bits per heavy atom. The maximum atomic E-state index is 12.4. The van der Waals surface area contributed by atoms with Crippen molar-refractivity contribution in [1.82, 2.24) is 5.32 Å². The van der Waals surface area contributed by atoms with Crippen molar-refractivity contribution < 1.29 is 24.3 Å². The van der Waals surface area contributed by atoms with Crippen molar-refractivity contribution in [2.24, 2.45) is 5.92 Å². The highest BCUT2D eigenvalue weighted by molar-refractivity contribution is 5.99. The topological polar surface area (TPSA) is 111 Å². The molecular formula is C16H24N2O6. The highest BCUT2D eigenvalue weighted by Gasteiger charge is 2.26. The summed E-state index contributed by atoms with van der Waals surface area (Å²) in [6, 6.07) is 1.98. The van der Waals surface area contributed by atoms with Crippen LogP contribution in [0, 0.1) is 16.0 Å². The molecule has 1 aromatic carbocycles. The summed E-state index contributed by atoms with van der Waals surface area (Å²) < 4.78 is 10.4. The second-order valence-electron chi connectivity index (χ2n) is 5.69. The average molecular weight is 340 g/mol. The van der Waals surface area contributed by atoms with Crippen LogP contribution in [0.15, 0.2) is 12.1 Å². The maximum Gasteiger partial charge on any atom is 0.286 e. The van der Waals surface area contributed by atoms with Gasteiger partial charge in [-0.25, -0.2) is 0 Å². The van der Waals surface area contributed by atoms with Crippen LogP contribution in [0.4, 0.5) is 5.69 Å². The molecule has 0 aliphatic heterocycles. The molecule has 0 aliphatic carbocycles. The third-order valence-electron chi connectivity index (χ3n) is 3.33. The number of carbonyl (C=O) groups is 1. The molecule has 0 fully saturated rings. The zero-order valence-corrected chi connectivity index (χ0v) is 14.4. The summed E-state index contributed by atoms with van der Waals surface area (Å²) in [4.78, 5) is 23.1. The number of methoxy groups -OCH3 is 1. The Labute approximate surface area is 140 Å². The standard InChI is InChI=1S/C16H24N2O6/c1-5-24-15-8-13(18(21)22)12(7-14(15)23-4)16(20)17-11(9-19)6-10(2)3/h7-8,10-11,19H,5-6,9H2,1-4H3,(H,17,20)/t11-/m1/s1. The van der Waals surface area contributed by atoms with Gasteiger partial charge in [0.1, 0.15) is 5.56 Å². The Kier molecular flexibility index (Phi) is 7.44. The second kappa shape index (κ2) is 9.07. The van der Waals surface area contributed by atoms with E-state index in [2.05, 4.69) is 5.32 Å². The summed E-state index contributed by atoms with van der Waals surface area (Å²) in [5.74, 6) is 0.0520. The van der Waals surface area contributed by atoms with E-state index in [0.717, 1.165) is 0 Å². The molecule has 0 heterocycles. The van der Waals surface area contributed by atoms with Crippen LogP contribution in [0.25, 0.3) is 0 Å². The van der Waals surface area contributed by atoms with E-state index in [4.69, 9.17) is 9.47 Å². The van der Waals surface area contributed by atoms with Crippen LogP contribution in [0.5, 0.6) is 11.5 Å². The van der Waals surface area contributed by atoms with Gasteiger partial charge in [-0.1, -0.05) is 13.8 Å². The zero-order valence-electron chi connectivity index (χ0n) is 14.4. The monoisotopic (exact) mass is 340 g/mol. The van der Waals surface area contributed by atoms with Gasteiger partial charge in [-0.05, 0) is 19.3 Å². The van der Waals surface area contributed by atoms with Crippen molar-refractivity contribution in [3.63, 3.8) is 0 Å². The van der Waals surface area contributed by atoms with Crippen LogP contribution in [0.1, 0.15) is 37.6 Å². The summed E-state index contributed by atoms with van der Waals surface area (Å²) >= 11 is 0. The fourth-order valence-electron chi connectivity index (χ4n) is 2.32. The van der Waals surface area contributed by atoms with Gasteiger partial charge in [-0.2, -0.15) is 0 Å². The highest BCUT2D eigenvalue weighted by Crippen LogP contribution is 2.34. The molecule has 1 aromatic rings. The van der Waals surface area contributed by atoms with E-state index in [1.54, 1.807) is 6.92 Å². The van der Waals surface area contributed by atoms with Gasteiger partial charge in [-0.3, -0.25) is 14.9 Å². The summed E-state index contributed by atoms with van der Waals surface area (Å²) in [5, 5.41) is 23.3. The third kappa shape index (κ3) is 5.09. The number of benzene rings is 1. The van der Waals surface area contributed by atoms with Gasteiger partial charge in [-0.15, -0.1) is 0 Å². The summed E-state index contributed by atoms with van der Waals surface area (Å²) in [5.41, 5.74) is -0.513. The van der Waals surface area contributed by atoms with Gasteiger partial charge in [0.15, 0.2) is 11.5 Å². The lowest BCUT2D eigenvalue weighted by Crippen LogP contribution is -2.38. The predicted octanol–water partition coefficient (Wildman–Crippen LogP) is 2.14. The van der Waals surface area contributed by atoms with E-state index in [9.17, 15) is 20.0 Å². The molecule has 8 heteroatoms. The Morgan fingerprint density at radius 2 is 2.04 bits per heavy atom. The predicted molar refractivity (Wildman–Crippen MR) is 88.6 cm³/mol. The smallest absolute Gasteiger partial charge is 0.286 e. The number of nitro benzene ring substituents is 1. The number of nitro groups is 1. The molecule has 0 radical (unpaired) electrons. The van der Waals surface area contributed by atoms with Crippen molar-refractivity contribution in [2.45, 2.75) is 33.2 Å². The van der Waals surface area contributed by atoms with Gasteiger partial charge >= 0.3 is 0 Å². The van der Waals surface area contributed by atoms with E-state index >= 15 is 0 Å². The van der Waals surface area contributed by atoms with Gasteiger partial charge < -0.3 is 19.9 Å². The summed E-state index contributed by atoms with van der Waals surface area (Å²) in [6.07, 6.45) is 0.560. The van der Waals surface area contributed by atoms with Crippen LogP contribution >= 0.6 is 0 Å². The van der Waals surface area contributed by atoms with Crippen LogP contribution in [-0.2, 0) is 0 Å². The van der Waals surface area contributed by atoms with Crippen molar-refractivity contribution in [3.8, 4) is 11.5 Å². The molecule has 1 atom stereocenters. The van der Waals surface area contributed by atoms with Gasteiger partial charge in [0.2, 0.25) is 0 Å². The van der Waals surface area contributed by atoms with Crippen LogP contribution in [0.3, 0.4) is 0 Å². The highest BCUT2D eigenvalue weighted by atomic mass is 16.6. The number of hydrogen-bond donors (Lipinski definition) is 2. The molecule has 0 saturated carbocycles. The van der Waals surface area contributed by atoms with Crippen molar-refractivity contribution in [2.75, 3.05) is 20.3 Å². The van der Waals surface area contributed by atoms with Crippen molar-refractivity contribution in [1.29, 1.82) is 0 Å². The molecule has 1 amide bonds. The van der Waals surface area contributed by atoms with E-state index in [1.165, 1.54) is 19.2 Å². The van der Waals surface area contributed by atoms with E-state index in [0.29, 0.717) is 13.0 Å². The number of amides is 1. The number of rotatable bonds is 9. The van der Waals surface area contributed by atoms with Gasteiger partial charge in [0.05, 0.1) is 37.4 Å². The Bertz CT molecular complexity index is 588. The molecule has 8 nitrogen and oxygen atoms in total. The lowest BCUT2D eigenvalue weighted by Gasteiger charge is -2.18. The molecule has 0 saturated heterocycles. The molecule has 24 heavy (non-hydrogen) atoms. The molecular weight excluding hydrogens is 316 g/mol. The molecule has 0 spiro atoms. The zero-order chi connectivity index (χ0) is 18.3. The minimum Gasteiger partial charge on any atom is -0.493 e. The number of carbonyl (C=O) groups excluding carboxylic acids is 1. The van der Waals surface area contributed by atoms with E-state index < -0.39 is 16.9 Å². The summed E-state index contributed by atoms with van der Waals surface area (Å²) in [7, 11) is 1.39. The lowest BCUT2D eigenvalue weighted by atomic mass is 10.0. The molecule has 0 aromatic heterocycles. The lowest BCUT2D eigenvalue weighted by molar-refractivity contribution is -0.385. The minimum absolute atomic E-state index is 0.137. The molecule has 0 aliphatic rings. The average Bonchev–Trinajstić information content (AvgIpc) is 2.53. The molecule has 0 bridgehead atoms. The van der Waals surface area contributed by atoms with Gasteiger partial charge in [0, 0.05) is 6.07 Å². The van der Waals surface area contributed by atoms with E-state index in [1.807, 2.05) is 13.8 Å². The van der Waals surface area contributed by atoms with Crippen LogP contribution < -0.4 is 14.8 Å². The maximum absolute atomic E-state index is 12.4. The first-order valence-corrected chi connectivity index (χ1v) is 7.74. The number of nitrogens with one attached hydrogen (secondary N) is 1. The summed E-state index contributed by atoms with van der Waals surface area (Å²) in [6.45, 7) is 5.71. The Balaban J connectivity index is 3.20. The number of ether oxygens (including phenoxy) is 2. The fraction of sp³-hybridized carbons (Fsp3) is 0.562. The second-order valence-corrected chi connectivity index (χ2v) is 5.69. The minimum atomic E-state index is -0.646. The van der Waals surface area contributed by atoms with Crippen LogP contribution in [0.2, 0.25) is 0 Å². The fourth-order valence-corrected chi connectivity index (χ4v) is 2.32. The van der Waals surface area contributed by atoms with Gasteiger partial charge in [0.25, 0.3) is 11.6 Å². The van der Waals surface area contributed by atoms with Crippen molar-refractivity contribution in [3.05, 3.63) is 27.8 Å². The Hall–Kier alpha value is -2.35.